The number of rotatable bonds is 4. The van der Waals surface area contributed by atoms with E-state index in [1.165, 1.54) is 12.3 Å². The predicted octanol–water partition coefficient (Wildman–Crippen LogP) is 3.73. The number of pyridine rings is 1. The van der Waals surface area contributed by atoms with Gasteiger partial charge in [0.25, 0.3) is 0 Å². The van der Waals surface area contributed by atoms with Crippen LogP contribution in [0.1, 0.15) is 22.5 Å². The van der Waals surface area contributed by atoms with Gasteiger partial charge in [-0.25, -0.2) is 9.97 Å². The fraction of sp³-hybridized carbons (Fsp3) is 0.333. The summed E-state index contributed by atoms with van der Waals surface area (Å²) in [7, 11) is 0. The van der Waals surface area contributed by atoms with Crippen LogP contribution in [0, 0.1) is 0 Å². The molecule has 0 amide bonds. The minimum atomic E-state index is -4.40. The van der Waals surface area contributed by atoms with Crippen LogP contribution in [0.5, 0.6) is 0 Å². The number of nitrogens with zero attached hydrogens (tertiary/aromatic N) is 2. The van der Waals surface area contributed by atoms with E-state index in [-0.39, 0.29) is 0 Å². The van der Waals surface area contributed by atoms with Crippen LogP contribution in [-0.4, -0.2) is 9.97 Å². The first-order chi connectivity index (χ1) is 8.99. The lowest BCUT2D eigenvalue weighted by Gasteiger charge is -2.07. The van der Waals surface area contributed by atoms with Crippen molar-refractivity contribution in [3.63, 3.8) is 0 Å². The second kappa shape index (κ2) is 5.56. The number of anilines is 1. The Bertz CT molecular complexity index is 534. The zero-order chi connectivity index (χ0) is 13.9. The van der Waals surface area contributed by atoms with Gasteiger partial charge in [0.15, 0.2) is 0 Å². The highest BCUT2D eigenvalue weighted by atomic mass is 32.1. The van der Waals surface area contributed by atoms with Crippen molar-refractivity contribution < 1.29 is 13.2 Å². The monoisotopic (exact) mass is 287 g/mol. The van der Waals surface area contributed by atoms with E-state index < -0.39 is 11.9 Å². The molecule has 1 N–H and O–H groups in total. The highest BCUT2D eigenvalue weighted by Crippen LogP contribution is 2.27. The number of nitrogens with one attached hydrogen (secondary N) is 1. The molecule has 3 nitrogen and oxygen atoms in total. The third-order valence-corrected chi connectivity index (χ3v) is 3.57. The second-order valence-electron chi connectivity index (χ2n) is 3.86. The number of halogens is 3. The normalized spacial score (nSPS) is 11.6. The van der Waals surface area contributed by atoms with Crippen LogP contribution in [0.15, 0.2) is 24.5 Å². The van der Waals surface area contributed by atoms with Gasteiger partial charge in [-0.05, 0) is 18.6 Å². The minimum Gasteiger partial charge on any atom is -0.379 e. The molecule has 0 spiro atoms. The Morgan fingerprint density at radius 3 is 2.53 bits per heavy atom. The molecule has 7 heteroatoms. The molecule has 2 aromatic heterocycles. The summed E-state index contributed by atoms with van der Waals surface area (Å²) in [5.74, 6) is 0. The molecule has 2 heterocycles. The average Bonchev–Trinajstić information content (AvgIpc) is 2.84. The van der Waals surface area contributed by atoms with Crippen LogP contribution in [0.2, 0.25) is 0 Å². The van der Waals surface area contributed by atoms with Crippen LogP contribution in [0.25, 0.3) is 0 Å². The van der Waals surface area contributed by atoms with E-state index in [1.54, 1.807) is 17.5 Å². The van der Waals surface area contributed by atoms with Gasteiger partial charge < -0.3 is 5.32 Å². The van der Waals surface area contributed by atoms with Crippen molar-refractivity contribution >= 4 is 17.0 Å². The molecular weight excluding hydrogens is 275 g/mol. The second-order valence-corrected chi connectivity index (χ2v) is 5.06. The highest BCUT2D eigenvalue weighted by molar-refractivity contribution is 7.11. The van der Waals surface area contributed by atoms with Gasteiger partial charge in [0.1, 0.15) is 5.69 Å². The van der Waals surface area contributed by atoms with Crippen molar-refractivity contribution in [3.8, 4) is 0 Å². The lowest BCUT2D eigenvalue weighted by Crippen LogP contribution is -2.08. The Hall–Kier alpha value is -1.63. The number of hydrogen-bond donors (Lipinski definition) is 1. The van der Waals surface area contributed by atoms with E-state index in [9.17, 15) is 13.2 Å². The Balaban J connectivity index is 1.96. The summed E-state index contributed by atoms with van der Waals surface area (Å²) in [6.07, 6.45) is -0.558. The molecule has 0 aromatic carbocycles. The van der Waals surface area contributed by atoms with Crippen LogP contribution in [0.4, 0.5) is 18.9 Å². The van der Waals surface area contributed by atoms with Crippen molar-refractivity contribution in [1.82, 2.24) is 9.97 Å². The summed E-state index contributed by atoms with van der Waals surface area (Å²) in [6, 6.07) is 2.34. The zero-order valence-electron chi connectivity index (χ0n) is 10.2. The smallest absolute Gasteiger partial charge is 0.379 e. The summed E-state index contributed by atoms with van der Waals surface area (Å²) in [5, 5.41) is 4.06. The van der Waals surface area contributed by atoms with Crippen molar-refractivity contribution in [1.29, 1.82) is 0 Å². The molecule has 19 heavy (non-hydrogen) atoms. The maximum Gasteiger partial charge on any atom is 0.433 e. The van der Waals surface area contributed by atoms with Crippen molar-refractivity contribution in [3.05, 3.63) is 40.1 Å². The maximum atomic E-state index is 12.3. The average molecular weight is 287 g/mol. The van der Waals surface area contributed by atoms with Crippen LogP contribution >= 0.6 is 11.3 Å². The van der Waals surface area contributed by atoms with Gasteiger partial charge >= 0.3 is 6.18 Å². The number of aromatic nitrogens is 2. The first kappa shape index (κ1) is 13.8. The molecule has 0 unspecified atom stereocenters. The van der Waals surface area contributed by atoms with Gasteiger partial charge in [-0.3, -0.25) is 0 Å². The first-order valence-corrected chi connectivity index (χ1v) is 6.51. The number of aryl methyl sites for hydroxylation is 1. The largest absolute Gasteiger partial charge is 0.433 e. The molecule has 0 aliphatic heterocycles. The maximum absolute atomic E-state index is 12.3. The number of alkyl halides is 3. The van der Waals surface area contributed by atoms with E-state index in [4.69, 9.17) is 0 Å². The zero-order valence-corrected chi connectivity index (χ0v) is 11.0. The van der Waals surface area contributed by atoms with Crippen molar-refractivity contribution in [2.75, 3.05) is 5.32 Å². The molecule has 102 valence electrons. The van der Waals surface area contributed by atoms with E-state index in [0.29, 0.717) is 12.2 Å². The Kier molecular flexibility index (Phi) is 4.04. The first-order valence-electron chi connectivity index (χ1n) is 5.69. The molecule has 0 aliphatic carbocycles. The van der Waals surface area contributed by atoms with E-state index in [1.807, 2.05) is 6.92 Å². The van der Waals surface area contributed by atoms with E-state index in [0.717, 1.165) is 22.4 Å². The molecule has 0 saturated carbocycles. The SMILES string of the molecule is CCc1ncc(CNc2ccc(C(F)(F)F)nc2)s1. The lowest BCUT2D eigenvalue weighted by atomic mass is 10.3. The Labute approximate surface area is 112 Å². The van der Waals surface area contributed by atoms with Crippen molar-refractivity contribution in [2.45, 2.75) is 26.1 Å². The summed E-state index contributed by atoms with van der Waals surface area (Å²) < 4.78 is 37.0. The quantitative estimate of drug-likeness (QED) is 0.931. The van der Waals surface area contributed by atoms with Crippen molar-refractivity contribution in [2.24, 2.45) is 0 Å². The molecular formula is C12H12F3N3S. The van der Waals surface area contributed by atoms with Gasteiger partial charge in [0.05, 0.1) is 23.4 Å². The molecule has 0 aliphatic rings. The number of hydrogen-bond acceptors (Lipinski definition) is 4. The molecule has 0 saturated heterocycles. The summed E-state index contributed by atoms with van der Waals surface area (Å²) in [5.41, 5.74) is -0.330. The fourth-order valence-electron chi connectivity index (χ4n) is 1.45. The molecule has 2 aromatic rings. The van der Waals surface area contributed by atoms with Crippen LogP contribution in [0.3, 0.4) is 0 Å². The third kappa shape index (κ3) is 3.66. The van der Waals surface area contributed by atoms with Gasteiger partial charge in [-0.15, -0.1) is 11.3 Å². The van der Waals surface area contributed by atoms with Gasteiger partial charge in [-0.1, -0.05) is 6.92 Å². The standard InChI is InChI=1S/C12H12F3N3S/c1-2-11-18-7-9(19-11)6-16-8-3-4-10(17-5-8)12(13,14)15/h3-5,7,16H,2,6H2,1H3. The Morgan fingerprint density at radius 2 is 2.00 bits per heavy atom. The minimum absolute atomic E-state index is 0.532. The summed E-state index contributed by atoms with van der Waals surface area (Å²) >= 11 is 1.59. The highest BCUT2D eigenvalue weighted by Gasteiger charge is 2.31. The molecule has 2 rings (SSSR count). The summed E-state index contributed by atoms with van der Waals surface area (Å²) in [6.45, 7) is 2.56. The third-order valence-electron chi connectivity index (χ3n) is 2.42. The van der Waals surface area contributed by atoms with Gasteiger partial charge in [0.2, 0.25) is 0 Å². The predicted molar refractivity (Wildman–Crippen MR) is 68.1 cm³/mol. The van der Waals surface area contributed by atoms with Gasteiger partial charge in [0, 0.05) is 11.1 Å². The van der Waals surface area contributed by atoms with Crippen LogP contribution in [-0.2, 0) is 19.1 Å². The molecule has 0 bridgehead atoms. The number of thiazole rings is 1. The molecule has 0 radical (unpaired) electrons. The topological polar surface area (TPSA) is 37.8 Å². The van der Waals surface area contributed by atoms with E-state index >= 15 is 0 Å². The lowest BCUT2D eigenvalue weighted by molar-refractivity contribution is -0.141. The Morgan fingerprint density at radius 1 is 1.21 bits per heavy atom. The van der Waals surface area contributed by atoms with E-state index in [2.05, 4.69) is 15.3 Å². The van der Waals surface area contributed by atoms with Gasteiger partial charge in [-0.2, -0.15) is 13.2 Å². The van der Waals surface area contributed by atoms with Crippen LogP contribution < -0.4 is 5.32 Å². The molecule has 0 fully saturated rings. The fourth-order valence-corrected chi connectivity index (χ4v) is 2.25. The molecule has 0 atom stereocenters. The summed E-state index contributed by atoms with van der Waals surface area (Å²) in [4.78, 5) is 8.63.